The minimum atomic E-state index is -0.436. The summed E-state index contributed by atoms with van der Waals surface area (Å²) in [5, 5.41) is 3.27. The van der Waals surface area contributed by atoms with E-state index in [1.165, 1.54) is 6.07 Å². The van der Waals surface area contributed by atoms with Gasteiger partial charge in [0.25, 0.3) is 0 Å². The Morgan fingerprint density at radius 2 is 2.04 bits per heavy atom. The highest BCUT2D eigenvalue weighted by molar-refractivity contribution is 5.80. The quantitative estimate of drug-likeness (QED) is 0.639. The molecule has 134 valence electrons. The summed E-state index contributed by atoms with van der Waals surface area (Å²) in [4.78, 5) is 9.19. The van der Waals surface area contributed by atoms with Gasteiger partial charge in [0.1, 0.15) is 11.6 Å². The fourth-order valence-corrected chi connectivity index (χ4v) is 3.22. The molecule has 1 fully saturated rings. The van der Waals surface area contributed by atoms with Crippen molar-refractivity contribution in [2.24, 2.45) is 4.99 Å². The predicted octanol–water partition coefficient (Wildman–Crippen LogP) is 2.85. The molecule has 1 saturated heterocycles. The lowest BCUT2D eigenvalue weighted by Crippen LogP contribution is -2.43. The van der Waals surface area contributed by atoms with Crippen LogP contribution in [-0.4, -0.2) is 54.5 Å². The second-order valence-electron chi connectivity index (χ2n) is 6.02. The van der Waals surface area contributed by atoms with Crippen LogP contribution in [0.25, 0.3) is 0 Å². The van der Waals surface area contributed by atoms with Crippen molar-refractivity contribution in [3.05, 3.63) is 35.4 Å². The van der Waals surface area contributed by atoms with Crippen LogP contribution in [0.15, 0.2) is 23.2 Å². The number of likely N-dealkylation sites (N-methyl/N-ethyl adjacent to an activating group) is 1. The molecule has 0 amide bonds. The number of rotatable bonds is 6. The number of benzene rings is 1. The van der Waals surface area contributed by atoms with Crippen LogP contribution >= 0.6 is 0 Å². The molecule has 1 aliphatic rings. The minimum Gasteiger partial charge on any atom is -0.357 e. The first-order valence-corrected chi connectivity index (χ1v) is 8.80. The van der Waals surface area contributed by atoms with Gasteiger partial charge in [0.15, 0.2) is 5.96 Å². The van der Waals surface area contributed by atoms with Crippen molar-refractivity contribution in [2.75, 3.05) is 32.7 Å². The fraction of sp³-hybridized carbons (Fsp3) is 0.611. The summed E-state index contributed by atoms with van der Waals surface area (Å²) in [6.07, 6.45) is 1.10. The van der Waals surface area contributed by atoms with E-state index in [1.54, 1.807) is 0 Å². The second kappa shape index (κ2) is 8.97. The van der Waals surface area contributed by atoms with Crippen LogP contribution in [0.4, 0.5) is 8.78 Å². The third-order valence-electron chi connectivity index (χ3n) is 4.53. The van der Waals surface area contributed by atoms with Crippen LogP contribution in [0.2, 0.25) is 0 Å². The van der Waals surface area contributed by atoms with Gasteiger partial charge in [-0.2, -0.15) is 0 Å². The number of aliphatic imine (C=N–C) groups is 1. The molecule has 1 atom stereocenters. The van der Waals surface area contributed by atoms with Crippen molar-refractivity contribution < 1.29 is 8.78 Å². The first kappa shape index (κ1) is 18.6. The number of hydrogen-bond acceptors (Lipinski definition) is 2. The zero-order chi connectivity index (χ0) is 17.5. The van der Waals surface area contributed by atoms with Gasteiger partial charge in [0, 0.05) is 31.2 Å². The van der Waals surface area contributed by atoms with E-state index in [2.05, 4.69) is 34.0 Å². The molecule has 1 N–H and O–H groups in total. The average Bonchev–Trinajstić information content (AvgIpc) is 3.05. The number of hydrogen-bond donors (Lipinski definition) is 1. The lowest BCUT2D eigenvalue weighted by molar-refractivity contribution is 0.223. The molecule has 0 saturated carbocycles. The van der Waals surface area contributed by atoms with Crippen molar-refractivity contribution >= 4 is 5.96 Å². The summed E-state index contributed by atoms with van der Waals surface area (Å²) in [5.74, 6) is -0.0800. The van der Waals surface area contributed by atoms with E-state index >= 15 is 0 Å². The predicted molar refractivity (Wildman–Crippen MR) is 94.1 cm³/mol. The molecule has 24 heavy (non-hydrogen) atoms. The molecule has 0 radical (unpaired) electrons. The van der Waals surface area contributed by atoms with Crippen LogP contribution < -0.4 is 5.32 Å². The van der Waals surface area contributed by atoms with Crippen LogP contribution in [-0.2, 0) is 6.54 Å². The zero-order valence-corrected chi connectivity index (χ0v) is 14.9. The highest BCUT2D eigenvalue weighted by Gasteiger charge is 2.27. The summed E-state index contributed by atoms with van der Waals surface area (Å²) in [5.41, 5.74) is 0.282. The van der Waals surface area contributed by atoms with Gasteiger partial charge >= 0.3 is 0 Å². The highest BCUT2D eigenvalue weighted by atomic mass is 19.1. The molecular formula is C18H28F2N4. The van der Waals surface area contributed by atoms with Gasteiger partial charge in [0.2, 0.25) is 0 Å². The van der Waals surface area contributed by atoms with Gasteiger partial charge in [-0.05, 0) is 44.6 Å². The molecular weight excluding hydrogens is 310 g/mol. The van der Waals surface area contributed by atoms with E-state index in [0.29, 0.717) is 6.04 Å². The Kier molecular flexibility index (Phi) is 6.97. The Labute approximate surface area is 143 Å². The molecule has 2 rings (SSSR count). The standard InChI is InChI=1S/C18H28F2N4/c1-4-21-18(22-12-14-11-15(19)7-8-17(14)20)24-10-9-16(13-24)23(5-2)6-3/h7-8,11,16H,4-6,9-10,12-13H2,1-3H3,(H,21,22). The normalized spacial score (nSPS) is 18.5. The summed E-state index contributed by atoms with van der Waals surface area (Å²) >= 11 is 0. The lowest BCUT2D eigenvalue weighted by atomic mass is 10.2. The Balaban J connectivity index is 2.07. The monoisotopic (exact) mass is 338 g/mol. The smallest absolute Gasteiger partial charge is 0.194 e. The number of halogens is 2. The van der Waals surface area contributed by atoms with E-state index in [9.17, 15) is 8.78 Å². The summed E-state index contributed by atoms with van der Waals surface area (Å²) in [6, 6.07) is 4.02. The third kappa shape index (κ3) is 4.66. The molecule has 0 bridgehead atoms. The number of nitrogens with one attached hydrogen (secondary N) is 1. The van der Waals surface area contributed by atoms with E-state index in [4.69, 9.17) is 0 Å². The molecule has 0 aromatic heterocycles. The summed E-state index contributed by atoms with van der Waals surface area (Å²) in [6.45, 7) is 11.2. The second-order valence-corrected chi connectivity index (χ2v) is 6.02. The van der Waals surface area contributed by atoms with Crippen molar-refractivity contribution in [2.45, 2.75) is 39.8 Å². The molecule has 1 unspecified atom stereocenters. The van der Waals surface area contributed by atoms with Crippen LogP contribution in [0, 0.1) is 11.6 Å². The van der Waals surface area contributed by atoms with Crippen molar-refractivity contribution in [3.63, 3.8) is 0 Å². The maximum absolute atomic E-state index is 13.8. The number of guanidine groups is 1. The Hall–Kier alpha value is -1.69. The van der Waals surface area contributed by atoms with Crippen LogP contribution in [0.1, 0.15) is 32.8 Å². The molecule has 6 heteroatoms. The van der Waals surface area contributed by atoms with E-state index in [-0.39, 0.29) is 12.1 Å². The van der Waals surface area contributed by atoms with E-state index < -0.39 is 11.6 Å². The van der Waals surface area contributed by atoms with Crippen LogP contribution in [0.5, 0.6) is 0 Å². The van der Waals surface area contributed by atoms with Crippen molar-refractivity contribution in [1.82, 2.24) is 15.1 Å². The number of likely N-dealkylation sites (tertiary alicyclic amines) is 1. The Bertz CT molecular complexity index is 558. The fourth-order valence-electron chi connectivity index (χ4n) is 3.22. The third-order valence-corrected chi connectivity index (χ3v) is 4.53. The lowest BCUT2D eigenvalue weighted by Gasteiger charge is -2.27. The van der Waals surface area contributed by atoms with Gasteiger partial charge < -0.3 is 10.2 Å². The maximum Gasteiger partial charge on any atom is 0.194 e. The molecule has 0 spiro atoms. The van der Waals surface area contributed by atoms with Gasteiger partial charge in [-0.15, -0.1) is 0 Å². The van der Waals surface area contributed by atoms with Gasteiger partial charge in [-0.25, -0.2) is 13.8 Å². The Morgan fingerprint density at radius 1 is 1.29 bits per heavy atom. The molecule has 0 aliphatic carbocycles. The Morgan fingerprint density at radius 3 is 2.71 bits per heavy atom. The first-order chi connectivity index (χ1) is 11.6. The van der Waals surface area contributed by atoms with Gasteiger partial charge in [-0.1, -0.05) is 13.8 Å². The molecule has 1 heterocycles. The van der Waals surface area contributed by atoms with Crippen molar-refractivity contribution in [3.8, 4) is 0 Å². The highest BCUT2D eigenvalue weighted by Crippen LogP contribution is 2.16. The maximum atomic E-state index is 13.8. The molecule has 1 aromatic rings. The summed E-state index contributed by atoms with van der Waals surface area (Å²) in [7, 11) is 0. The van der Waals surface area contributed by atoms with Crippen LogP contribution in [0.3, 0.4) is 0 Å². The van der Waals surface area contributed by atoms with Gasteiger partial charge in [0.05, 0.1) is 6.54 Å². The topological polar surface area (TPSA) is 30.9 Å². The van der Waals surface area contributed by atoms with E-state index in [0.717, 1.165) is 57.2 Å². The molecule has 1 aliphatic heterocycles. The minimum absolute atomic E-state index is 0.137. The molecule has 4 nitrogen and oxygen atoms in total. The SMILES string of the molecule is CCNC(=NCc1cc(F)ccc1F)N1CCC(N(CC)CC)C1. The summed E-state index contributed by atoms with van der Waals surface area (Å²) < 4.78 is 27.1. The van der Waals surface area contributed by atoms with Crippen molar-refractivity contribution in [1.29, 1.82) is 0 Å². The number of nitrogens with zero attached hydrogens (tertiary/aromatic N) is 3. The molecule has 1 aromatic carbocycles. The average molecular weight is 338 g/mol. The van der Waals surface area contributed by atoms with Gasteiger partial charge in [-0.3, -0.25) is 4.90 Å². The first-order valence-electron chi connectivity index (χ1n) is 8.80. The zero-order valence-electron chi connectivity index (χ0n) is 14.9. The van der Waals surface area contributed by atoms with E-state index in [1.807, 2.05) is 6.92 Å². The largest absolute Gasteiger partial charge is 0.357 e.